The molecule has 1 heterocycles. The van der Waals surface area contributed by atoms with E-state index in [1.54, 1.807) is 18.4 Å². The highest BCUT2D eigenvalue weighted by molar-refractivity contribution is 7.07. The van der Waals surface area contributed by atoms with Crippen LogP contribution in [0, 0.1) is 0 Å². The van der Waals surface area contributed by atoms with Gasteiger partial charge in [0.05, 0.1) is 7.11 Å². The van der Waals surface area contributed by atoms with Gasteiger partial charge in [0.1, 0.15) is 5.75 Å². The van der Waals surface area contributed by atoms with Gasteiger partial charge in [-0.2, -0.15) is 11.3 Å². The van der Waals surface area contributed by atoms with Crippen molar-refractivity contribution in [2.75, 3.05) is 13.7 Å². The van der Waals surface area contributed by atoms with E-state index in [2.05, 4.69) is 41.2 Å². The molecule has 0 saturated carbocycles. The zero-order chi connectivity index (χ0) is 14.2. The lowest BCUT2D eigenvalue weighted by Crippen LogP contribution is -2.31. The van der Waals surface area contributed by atoms with Crippen LogP contribution in [0.25, 0.3) is 0 Å². The lowest BCUT2D eigenvalue weighted by molar-refractivity contribution is 0.403. The molecule has 1 N–H and O–H groups in total. The summed E-state index contributed by atoms with van der Waals surface area (Å²) in [6.07, 6.45) is 3.31. The van der Waals surface area contributed by atoms with Gasteiger partial charge < -0.3 is 10.1 Å². The molecule has 0 aliphatic heterocycles. The number of rotatable bonds is 8. The summed E-state index contributed by atoms with van der Waals surface area (Å²) in [6.45, 7) is 3.17. The molecule has 3 heteroatoms. The first-order valence-corrected chi connectivity index (χ1v) is 8.14. The van der Waals surface area contributed by atoms with Gasteiger partial charge in [-0.3, -0.25) is 0 Å². The topological polar surface area (TPSA) is 21.3 Å². The fraction of sp³-hybridized carbons (Fsp3) is 0.412. The summed E-state index contributed by atoms with van der Waals surface area (Å²) in [5, 5.41) is 7.99. The van der Waals surface area contributed by atoms with Gasteiger partial charge in [-0.15, -0.1) is 0 Å². The van der Waals surface area contributed by atoms with Crippen molar-refractivity contribution >= 4 is 11.3 Å². The quantitative estimate of drug-likeness (QED) is 0.795. The molecule has 20 heavy (non-hydrogen) atoms. The zero-order valence-electron chi connectivity index (χ0n) is 12.3. The van der Waals surface area contributed by atoms with E-state index in [0.29, 0.717) is 6.04 Å². The number of aryl methyl sites for hydroxylation is 1. The molecule has 0 fully saturated rings. The Morgan fingerprint density at radius 1 is 1.25 bits per heavy atom. The first-order chi connectivity index (χ1) is 9.83. The minimum Gasteiger partial charge on any atom is -0.496 e. The van der Waals surface area contributed by atoms with Gasteiger partial charge in [0, 0.05) is 6.04 Å². The number of methoxy groups -OCH3 is 1. The standard InChI is InChI=1S/C17H23NOS/c1-3-18-16(9-8-14-10-11-20-13-14)12-15-6-4-5-7-17(15)19-2/h4-7,10-11,13,16,18H,3,8-9,12H2,1-2H3. The Balaban J connectivity index is 1.97. The maximum Gasteiger partial charge on any atom is 0.122 e. The van der Waals surface area contributed by atoms with Crippen molar-refractivity contribution in [3.05, 3.63) is 52.2 Å². The molecule has 2 rings (SSSR count). The van der Waals surface area contributed by atoms with E-state index >= 15 is 0 Å². The Bertz CT molecular complexity index is 495. The van der Waals surface area contributed by atoms with Gasteiger partial charge in [-0.1, -0.05) is 25.1 Å². The average Bonchev–Trinajstić information content (AvgIpc) is 2.99. The molecule has 0 radical (unpaired) electrons. The molecule has 1 aromatic carbocycles. The monoisotopic (exact) mass is 289 g/mol. The van der Waals surface area contributed by atoms with Gasteiger partial charge in [-0.05, 0) is 59.8 Å². The van der Waals surface area contributed by atoms with Gasteiger partial charge in [0.25, 0.3) is 0 Å². The molecule has 0 bridgehead atoms. The van der Waals surface area contributed by atoms with Gasteiger partial charge >= 0.3 is 0 Å². The predicted octanol–water partition coefficient (Wildman–Crippen LogP) is 3.91. The van der Waals surface area contributed by atoms with Gasteiger partial charge in [0.15, 0.2) is 0 Å². The Hall–Kier alpha value is -1.32. The number of hydrogen-bond acceptors (Lipinski definition) is 3. The number of para-hydroxylation sites is 1. The lowest BCUT2D eigenvalue weighted by atomic mass is 9.99. The smallest absolute Gasteiger partial charge is 0.122 e. The fourth-order valence-corrected chi connectivity index (χ4v) is 3.18. The van der Waals surface area contributed by atoms with Crippen molar-refractivity contribution in [2.45, 2.75) is 32.2 Å². The molecule has 2 aromatic rings. The number of nitrogens with one attached hydrogen (secondary N) is 1. The summed E-state index contributed by atoms with van der Waals surface area (Å²) in [7, 11) is 1.74. The summed E-state index contributed by atoms with van der Waals surface area (Å²) < 4.78 is 5.45. The van der Waals surface area contributed by atoms with Crippen LogP contribution in [-0.4, -0.2) is 19.7 Å². The second-order valence-electron chi connectivity index (χ2n) is 4.94. The van der Waals surface area contributed by atoms with Crippen LogP contribution in [0.4, 0.5) is 0 Å². The summed E-state index contributed by atoms with van der Waals surface area (Å²) in [4.78, 5) is 0. The Kier molecular flexibility index (Phi) is 6.09. The minimum atomic E-state index is 0.496. The molecular formula is C17H23NOS. The van der Waals surface area contributed by atoms with E-state index in [1.165, 1.54) is 11.1 Å². The first kappa shape index (κ1) is 15.1. The number of likely N-dealkylation sites (N-methyl/N-ethyl adjacent to an activating group) is 1. The molecule has 1 unspecified atom stereocenters. The van der Waals surface area contributed by atoms with Crippen LogP contribution >= 0.6 is 11.3 Å². The summed E-state index contributed by atoms with van der Waals surface area (Å²) in [5.74, 6) is 0.992. The molecule has 0 aliphatic carbocycles. The number of hydrogen-bond donors (Lipinski definition) is 1. The Morgan fingerprint density at radius 3 is 2.80 bits per heavy atom. The van der Waals surface area contributed by atoms with Crippen LogP contribution in [0.2, 0.25) is 0 Å². The van der Waals surface area contributed by atoms with Crippen molar-refractivity contribution in [1.82, 2.24) is 5.32 Å². The van der Waals surface area contributed by atoms with Gasteiger partial charge in [0.2, 0.25) is 0 Å². The third-order valence-corrected chi connectivity index (χ3v) is 4.25. The molecule has 108 valence electrons. The lowest BCUT2D eigenvalue weighted by Gasteiger charge is -2.19. The second kappa shape index (κ2) is 8.08. The van der Waals surface area contributed by atoms with Crippen molar-refractivity contribution in [3.8, 4) is 5.75 Å². The largest absolute Gasteiger partial charge is 0.496 e. The minimum absolute atomic E-state index is 0.496. The summed E-state index contributed by atoms with van der Waals surface area (Å²) >= 11 is 1.77. The van der Waals surface area contributed by atoms with E-state index < -0.39 is 0 Å². The molecule has 0 saturated heterocycles. The highest BCUT2D eigenvalue weighted by atomic mass is 32.1. The molecular weight excluding hydrogens is 266 g/mol. The maximum atomic E-state index is 5.45. The zero-order valence-corrected chi connectivity index (χ0v) is 13.1. The third kappa shape index (κ3) is 4.36. The van der Waals surface area contributed by atoms with Gasteiger partial charge in [-0.25, -0.2) is 0 Å². The van der Waals surface area contributed by atoms with E-state index in [9.17, 15) is 0 Å². The van der Waals surface area contributed by atoms with E-state index in [0.717, 1.165) is 31.6 Å². The number of benzene rings is 1. The van der Waals surface area contributed by atoms with E-state index in [1.807, 2.05) is 12.1 Å². The highest BCUT2D eigenvalue weighted by Crippen LogP contribution is 2.20. The molecule has 1 atom stereocenters. The third-order valence-electron chi connectivity index (χ3n) is 3.51. The number of ether oxygens (including phenoxy) is 1. The van der Waals surface area contributed by atoms with Crippen LogP contribution < -0.4 is 10.1 Å². The Morgan fingerprint density at radius 2 is 2.10 bits per heavy atom. The molecule has 0 aliphatic rings. The van der Waals surface area contributed by atoms with Crippen LogP contribution in [0.5, 0.6) is 5.75 Å². The Labute approximate surface area is 125 Å². The second-order valence-corrected chi connectivity index (χ2v) is 5.72. The van der Waals surface area contributed by atoms with Crippen LogP contribution in [0.1, 0.15) is 24.5 Å². The predicted molar refractivity (Wildman–Crippen MR) is 86.8 cm³/mol. The SMILES string of the molecule is CCNC(CCc1ccsc1)Cc1ccccc1OC. The van der Waals surface area contributed by atoms with Crippen LogP contribution in [0.15, 0.2) is 41.1 Å². The van der Waals surface area contributed by atoms with Crippen molar-refractivity contribution in [2.24, 2.45) is 0 Å². The van der Waals surface area contributed by atoms with Crippen molar-refractivity contribution in [1.29, 1.82) is 0 Å². The molecule has 0 amide bonds. The van der Waals surface area contributed by atoms with Crippen molar-refractivity contribution < 1.29 is 4.74 Å². The molecule has 1 aromatic heterocycles. The fourth-order valence-electron chi connectivity index (χ4n) is 2.48. The average molecular weight is 289 g/mol. The summed E-state index contributed by atoms with van der Waals surface area (Å²) in [6, 6.07) is 11.0. The molecule has 2 nitrogen and oxygen atoms in total. The number of thiophene rings is 1. The highest BCUT2D eigenvalue weighted by Gasteiger charge is 2.11. The van der Waals surface area contributed by atoms with Crippen LogP contribution in [0.3, 0.4) is 0 Å². The molecule has 0 spiro atoms. The summed E-state index contributed by atoms with van der Waals surface area (Å²) in [5.41, 5.74) is 2.73. The van der Waals surface area contributed by atoms with E-state index in [4.69, 9.17) is 4.74 Å². The van der Waals surface area contributed by atoms with Crippen molar-refractivity contribution in [3.63, 3.8) is 0 Å². The normalized spacial score (nSPS) is 12.3. The maximum absolute atomic E-state index is 5.45. The van der Waals surface area contributed by atoms with Crippen LogP contribution in [-0.2, 0) is 12.8 Å². The first-order valence-electron chi connectivity index (χ1n) is 7.19. The van der Waals surface area contributed by atoms with E-state index in [-0.39, 0.29) is 0 Å².